The monoisotopic (exact) mass is 543 g/mol. The molecule has 2 aliphatic rings. The summed E-state index contributed by atoms with van der Waals surface area (Å²) in [6.07, 6.45) is 2.16. The van der Waals surface area contributed by atoms with E-state index in [1.807, 2.05) is 0 Å². The summed E-state index contributed by atoms with van der Waals surface area (Å²) in [4.78, 5) is 53.0. The van der Waals surface area contributed by atoms with Gasteiger partial charge in [-0.3, -0.25) is 19.4 Å². The van der Waals surface area contributed by atoms with E-state index < -0.39 is 53.2 Å². The normalized spacial score (nSPS) is 25.8. The van der Waals surface area contributed by atoms with E-state index in [9.17, 15) is 24.3 Å². The van der Waals surface area contributed by atoms with Crippen LogP contribution in [0.15, 0.2) is 39.8 Å². The molecule has 6 atom stereocenters. The Morgan fingerprint density at radius 1 is 1.13 bits per heavy atom. The van der Waals surface area contributed by atoms with E-state index in [0.717, 1.165) is 0 Å². The molecule has 0 saturated heterocycles. The summed E-state index contributed by atoms with van der Waals surface area (Å²) in [6, 6.07) is 5.01. The van der Waals surface area contributed by atoms with Crippen molar-refractivity contribution in [3.05, 3.63) is 46.6 Å². The first kappa shape index (κ1) is 28.3. The van der Waals surface area contributed by atoms with E-state index in [1.165, 1.54) is 20.8 Å². The largest absolute Gasteiger partial charge is 0.493 e. The van der Waals surface area contributed by atoms with Gasteiger partial charge in [0.2, 0.25) is 0 Å². The van der Waals surface area contributed by atoms with E-state index in [4.69, 9.17) is 23.4 Å². The maximum atomic E-state index is 13.2. The molecule has 1 N–H and O–H groups in total. The Morgan fingerprint density at radius 2 is 1.90 bits per heavy atom. The molecule has 4 rings (SSSR count). The zero-order chi connectivity index (χ0) is 28.3. The van der Waals surface area contributed by atoms with Crippen LogP contribution in [0.2, 0.25) is 0 Å². The van der Waals surface area contributed by atoms with Gasteiger partial charge in [0.15, 0.2) is 0 Å². The Morgan fingerprint density at radius 3 is 2.54 bits per heavy atom. The van der Waals surface area contributed by atoms with Gasteiger partial charge in [-0.1, -0.05) is 0 Å². The average molecular weight is 544 g/mol. The number of aliphatic hydroxyl groups excluding tert-OH is 1. The molecule has 11 heteroatoms. The predicted octanol–water partition coefficient (Wildman–Crippen LogP) is 2.98. The maximum Gasteiger partial charge on any atom is 0.345 e. The zero-order valence-electron chi connectivity index (χ0n) is 22.4. The minimum absolute atomic E-state index is 0.0336. The molecule has 11 nitrogen and oxygen atoms in total. The minimum Gasteiger partial charge on any atom is -0.493 e. The van der Waals surface area contributed by atoms with Crippen molar-refractivity contribution in [1.29, 1.82) is 0 Å². The smallest absolute Gasteiger partial charge is 0.345 e. The molecule has 1 saturated carbocycles. The Kier molecular flexibility index (Phi) is 8.39. The highest BCUT2D eigenvalue weighted by molar-refractivity contribution is 5.67. The Labute approximate surface area is 225 Å². The van der Waals surface area contributed by atoms with Crippen LogP contribution in [0.1, 0.15) is 58.6 Å². The van der Waals surface area contributed by atoms with E-state index in [-0.39, 0.29) is 42.6 Å². The predicted molar refractivity (Wildman–Crippen MR) is 135 cm³/mol. The third-order valence-corrected chi connectivity index (χ3v) is 7.53. The maximum absolute atomic E-state index is 13.2. The summed E-state index contributed by atoms with van der Waals surface area (Å²) < 4.78 is 28.1. The number of fused-ring (bicyclic) bond motifs is 2. The van der Waals surface area contributed by atoms with Crippen molar-refractivity contribution < 1.29 is 42.9 Å². The number of carbonyl (C=O) groups is 3. The fourth-order valence-corrected chi connectivity index (χ4v) is 5.78. The second kappa shape index (κ2) is 11.6. The lowest BCUT2D eigenvalue weighted by Gasteiger charge is -2.48. The summed E-state index contributed by atoms with van der Waals surface area (Å²) >= 11 is 0. The number of ether oxygens (including phenoxy) is 4. The number of hydrogen-bond acceptors (Lipinski definition) is 11. The molecule has 1 aliphatic heterocycles. The van der Waals surface area contributed by atoms with Crippen LogP contribution in [0.25, 0.3) is 11.3 Å². The van der Waals surface area contributed by atoms with Crippen LogP contribution in [0, 0.1) is 17.8 Å². The van der Waals surface area contributed by atoms with Gasteiger partial charge in [0, 0.05) is 56.6 Å². The number of pyridine rings is 1. The van der Waals surface area contributed by atoms with Crippen molar-refractivity contribution in [2.45, 2.75) is 64.8 Å². The van der Waals surface area contributed by atoms with Gasteiger partial charge in [-0.2, -0.15) is 0 Å². The number of esters is 3. The van der Waals surface area contributed by atoms with Crippen LogP contribution in [-0.4, -0.2) is 52.9 Å². The second-order valence-corrected chi connectivity index (χ2v) is 10.3. The number of hydrogen-bond donors (Lipinski definition) is 1. The first-order valence-corrected chi connectivity index (χ1v) is 12.9. The third-order valence-electron chi connectivity index (χ3n) is 7.53. The van der Waals surface area contributed by atoms with Crippen LogP contribution in [0.5, 0.6) is 5.75 Å². The van der Waals surface area contributed by atoms with Gasteiger partial charge in [0.25, 0.3) is 0 Å². The molecule has 2 aromatic heterocycles. The number of rotatable bonds is 6. The molecule has 0 amide bonds. The van der Waals surface area contributed by atoms with Crippen molar-refractivity contribution in [2.75, 3.05) is 13.2 Å². The zero-order valence-corrected chi connectivity index (χ0v) is 22.4. The number of nitrogens with zero attached hydrogens (tertiary/aromatic N) is 1. The van der Waals surface area contributed by atoms with Gasteiger partial charge in [0.1, 0.15) is 35.4 Å². The van der Waals surface area contributed by atoms with Crippen molar-refractivity contribution >= 4 is 17.9 Å². The quantitative estimate of drug-likeness (QED) is 0.423. The molecule has 210 valence electrons. The summed E-state index contributed by atoms with van der Waals surface area (Å²) in [5.41, 5.74) is -1.48. The second-order valence-electron chi connectivity index (χ2n) is 10.3. The molecular weight excluding hydrogens is 510 g/mol. The van der Waals surface area contributed by atoms with Crippen molar-refractivity contribution in [3.63, 3.8) is 0 Å². The molecule has 0 aromatic carbocycles. The molecule has 1 aliphatic carbocycles. The summed E-state index contributed by atoms with van der Waals surface area (Å²) in [5.74, 6) is -2.60. The summed E-state index contributed by atoms with van der Waals surface area (Å²) in [7, 11) is 0. The third kappa shape index (κ3) is 6.30. The summed E-state index contributed by atoms with van der Waals surface area (Å²) in [6.45, 7) is 5.43. The fourth-order valence-electron chi connectivity index (χ4n) is 5.78. The minimum atomic E-state index is -1.33. The highest BCUT2D eigenvalue weighted by Gasteiger charge is 2.51. The van der Waals surface area contributed by atoms with Gasteiger partial charge < -0.3 is 28.5 Å². The fraction of sp³-hybridized carbons (Fsp3) is 0.536. The van der Waals surface area contributed by atoms with Crippen LogP contribution >= 0.6 is 0 Å². The van der Waals surface area contributed by atoms with Crippen LogP contribution < -0.4 is 10.4 Å². The standard InChI is InChI=1S/C28H33NO10/c1-15(30)36-14-28(4,39-17(3)32)19-10-21-20(23(11-19)37-16(2)31)7-9-35-24-12-22(18-6-5-8-29-13-18)38-27(34)25(24)26(21)33/h5-6,8,12-13,19-21,23,26,33H,7,9-11,14H2,1-4H3/t19-,20+,21-,23-,26+,28+/m0/s1. The topological polar surface area (TPSA) is 151 Å². The highest BCUT2D eigenvalue weighted by Crippen LogP contribution is 2.49. The van der Waals surface area contributed by atoms with Gasteiger partial charge in [-0.15, -0.1) is 0 Å². The lowest BCUT2D eigenvalue weighted by molar-refractivity contribution is -0.190. The van der Waals surface area contributed by atoms with Gasteiger partial charge in [-0.05, 0) is 44.2 Å². The van der Waals surface area contributed by atoms with E-state index in [1.54, 1.807) is 37.5 Å². The molecule has 3 heterocycles. The molecule has 1 fully saturated rings. The van der Waals surface area contributed by atoms with E-state index in [0.29, 0.717) is 18.4 Å². The molecule has 39 heavy (non-hydrogen) atoms. The Bertz CT molecular complexity index is 1270. The SMILES string of the molecule is CC(=O)OC[C@@](C)(OC(C)=O)[C@H]1C[C@H]2[C@@H](CCOc3cc(-c4cccnc4)oc(=O)c3[C@@H]2O)[C@@H](OC(C)=O)C1. The lowest BCUT2D eigenvalue weighted by Crippen LogP contribution is -2.52. The average Bonchev–Trinajstić information content (AvgIpc) is 2.86. The lowest BCUT2D eigenvalue weighted by atomic mass is 9.64. The molecule has 0 spiro atoms. The summed E-state index contributed by atoms with van der Waals surface area (Å²) in [5, 5.41) is 11.7. The Hall–Kier alpha value is -3.73. The number of aromatic nitrogens is 1. The van der Waals surface area contributed by atoms with E-state index >= 15 is 0 Å². The molecule has 2 aromatic rings. The first-order chi connectivity index (χ1) is 18.5. The molecular formula is C28H33NO10. The van der Waals surface area contributed by atoms with Gasteiger partial charge in [0.05, 0.1) is 12.7 Å². The van der Waals surface area contributed by atoms with Gasteiger partial charge >= 0.3 is 23.5 Å². The molecule has 0 radical (unpaired) electrons. The highest BCUT2D eigenvalue weighted by atomic mass is 16.6. The van der Waals surface area contributed by atoms with Gasteiger partial charge in [-0.25, -0.2) is 4.79 Å². The van der Waals surface area contributed by atoms with Crippen molar-refractivity contribution in [1.82, 2.24) is 4.98 Å². The van der Waals surface area contributed by atoms with Crippen molar-refractivity contribution in [2.24, 2.45) is 17.8 Å². The molecule has 0 unspecified atom stereocenters. The molecule has 0 bridgehead atoms. The van der Waals surface area contributed by atoms with E-state index in [2.05, 4.69) is 4.98 Å². The first-order valence-electron chi connectivity index (χ1n) is 12.9. The van der Waals surface area contributed by atoms with Crippen LogP contribution in [0.4, 0.5) is 0 Å². The Balaban J connectivity index is 1.75. The van der Waals surface area contributed by atoms with Crippen LogP contribution in [-0.2, 0) is 28.6 Å². The van der Waals surface area contributed by atoms with Crippen molar-refractivity contribution in [3.8, 4) is 17.1 Å². The number of carbonyl (C=O) groups excluding carboxylic acids is 3. The van der Waals surface area contributed by atoms with Crippen LogP contribution in [0.3, 0.4) is 0 Å². The number of aliphatic hydroxyl groups is 1.